The van der Waals surface area contributed by atoms with E-state index in [0.29, 0.717) is 17.1 Å². The van der Waals surface area contributed by atoms with Gasteiger partial charge in [-0.2, -0.15) is 0 Å². The summed E-state index contributed by atoms with van der Waals surface area (Å²) in [6.07, 6.45) is 5.20. The Morgan fingerprint density at radius 2 is 2.10 bits per heavy atom. The molecule has 2 bridgehead atoms. The molecule has 20 heavy (non-hydrogen) atoms. The number of aliphatic hydroxyl groups is 1. The van der Waals surface area contributed by atoms with Crippen molar-refractivity contribution >= 4 is 0 Å². The number of phenols is 1. The first kappa shape index (κ1) is 10.5. The number of aliphatic hydroxyl groups excluding tert-OH is 1. The van der Waals surface area contributed by atoms with E-state index in [4.69, 9.17) is 4.74 Å². The van der Waals surface area contributed by atoms with Crippen molar-refractivity contribution in [3.05, 3.63) is 23.3 Å². The van der Waals surface area contributed by atoms with E-state index in [1.54, 1.807) is 6.07 Å². The molecular formula is C17H18O3. The summed E-state index contributed by atoms with van der Waals surface area (Å²) in [6.45, 7) is 0. The smallest absolute Gasteiger partial charge is 0.165 e. The van der Waals surface area contributed by atoms with Crippen LogP contribution in [0.25, 0.3) is 0 Å². The number of fused-ring (bicyclic) bond motifs is 1. The van der Waals surface area contributed by atoms with Gasteiger partial charge in [-0.05, 0) is 61.0 Å². The average molecular weight is 270 g/mol. The lowest BCUT2D eigenvalue weighted by Gasteiger charge is -2.46. The first-order chi connectivity index (χ1) is 9.66. The van der Waals surface area contributed by atoms with E-state index in [0.717, 1.165) is 25.2 Å². The van der Waals surface area contributed by atoms with E-state index >= 15 is 0 Å². The molecule has 3 nitrogen and oxygen atoms in total. The number of hydrogen-bond donors (Lipinski definition) is 2. The summed E-state index contributed by atoms with van der Waals surface area (Å²) in [7, 11) is 0. The Kier molecular flexibility index (Phi) is 1.44. The molecule has 1 heterocycles. The minimum atomic E-state index is -0.376. The molecule has 3 saturated carbocycles. The van der Waals surface area contributed by atoms with Crippen LogP contribution in [-0.4, -0.2) is 22.4 Å². The summed E-state index contributed by atoms with van der Waals surface area (Å²) < 4.78 is 6.13. The number of hydrogen-bond acceptors (Lipinski definition) is 3. The summed E-state index contributed by atoms with van der Waals surface area (Å²) >= 11 is 0. The number of ether oxygens (including phenoxy) is 1. The standard InChI is InChI=1S/C17H18O3/c18-11-3-1-8-5-16-6-10(16)9-2-4-12(19)15-17(9,7-16)13(8)14(11)20-15/h1,3,9-10,12,15,18-19H,2,4-7H2. The van der Waals surface area contributed by atoms with Crippen molar-refractivity contribution in [1.29, 1.82) is 0 Å². The van der Waals surface area contributed by atoms with Gasteiger partial charge >= 0.3 is 0 Å². The predicted molar refractivity (Wildman–Crippen MR) is 71.8 cm³/mol. The second-order valence-corrected chi connectivity index (χ2v) is 7.80. The highest BCUT2D eigenvalue weighted by Crippen LogP contribution is 2.81. The zero-order valence-corrected chi connectivity index (χ0v) is 11.3. The van der Waals surface area contributed by atoms with Crippen molar-refractivity contribution in [3.8, 4) is 11.5 Å². The lowest BCUT2D eigenvalue weighted by Crippen LogP contribution is -2.54. The van der Waals surface area contributed by atoms with Gasteiger partial charge in [-0.15, -0.1) is 0 Å². The highest BCUT2D eigenvalue weighted by atomic mass is 16.5. The largest absolute Gasteiger partial charge is 0.504 e. The Morgan fingerprint density at radius 1 is 1.20 bits per heavy atom. The van der Waals surface area contributed by atoms with Gasteiger partial charge in [0.2, 0.25) is 0 Å². The SMILES string of the molecule is Oc1ccc2c3c1OC1C(O)CCC4C5CC5(C2)CC341. The maximum absolute atomic E-state index is 10.5. The van der Waals surface area contributed by atoms with Gasteiger partial charge in [0.15, 0.2) is 11.5 Å². The van der Waals surface area contributed by atoms with Crippen molar-refractivity contribution in [2.24, 2.45) is 17.3 Å². The van der Waals surface area contributed by atoms with Crippen LogP contribution in [0.4, 0.5) is 0 Å². The van der Waals surface area contributed by atoms with Gasteiger partial charge < -0.3 is 14.9 Å². The molecule has 6 atom stereocenters. The molecule has 0 amide bonds. The topological polar surface area (TPSA) is 49.7 Å². The molecule has 2 spiro atoms. The molecule has 5 aliphatic rings. The van der Waals surface area contributed by atoms with Crippen LogP contribution >= 0.6 is 0 Å². The van der Waals surface area contributed by atoms with Gasteiger partial charge in [0.05, 0.1) is 6.10 Å². The predicted octanol–water partition coefficient (Wildman–Crippen LogP) is 2.13. The highest BCUT2D eigenvalue weighted by molar-refractivity contribution is 5.62. The molecular weight excluding hydrogens is 252 g/mol. The van der Waals surface area contributed by atoms with Crippen molar-refractivity contribution in [3.63, 3.8) is 0 Å². The third-order valence-corrected chi connectivity index (χ3v) is 7.15. The fourth-order valence-corrected chi connectivity index (χ4v) is 6.60. The van der Waals surface area contributed by atoms with E-state index in [9.17, 15) is 10.2 Å². The molecule has 0 aromatic heterocycles. The van der Waals surface area contributed by atoms with E-state index in [1.165, 1.54) is 24.0 Å². The van der Waals surface area contributed by atoms with Crippen LogP contribution in [0.5, 0.6) is 11.5 Å². The maximum atomic E-state index is 10.5. The van der Waals surface area contributed by atoms with Gasteiger partial charge in [-0.3, -0.25) is 0 Å². The summed E-state index contributed by atoms with van der Waals surface area (Å²) in [5.74, 6) is 2.45. The summed E-state index contributed by atoms with van der Waals surface area (Å²) in [5.41, 5.74) is 3.17. The van der Waals surface area contributed by atoms with Crippen LogP contribution in [0, 0.1) is 17.3 Å². The van der Waals surface area contributed by atoms with E-state index in [1.807, 2.05) is 0 Å². The number of rotatable bonds is 0. The van der Waals surface area contributed by atoms with Crippen LogP contribution < -0.4 is 4.74 Å². The Balaban J connectivity index is 1.71. The van der Waals surface area contributed by atoms with Crippen LogP contribution in [-0.2, 0) is 11.8 Å². The van der Waals surface area contributed by atoms with Crippen molar-refractivity contribution in [1.82, 2.24) is 0 Å². The Hall–Kier alpha value is -1.22. The lowest BCUT2D eigenvalue weighted by atomic mass is 9.57. The van der Waals surface area contributed by atoms with E-state index < -0.39 is 0 Å². The van der Waals surface area contributed by atoms with Gasteiger partial charge in [0, 0.05) is 11.0 Å². The normalized spacial score (nSPS) is 52.2. The van der Waals surface area contributed by atoms with Gasteiger partial charge in [-0.1, -0.05) is 6.07 Å². The zero-order chi connectivity index (χ0) is 13.3. The molecule has 6 unspecified atom stereocenters. The fraction of sp³-hybridized carbons (Fsp3) is 0.647. The molecule has 1 aromatic rings. The van der Waals surface area contributed by atoms with E-state index in [2.05, 4.69) is 6.07 Å². The van der Waals surface area contributed by atoms with Gasteiger partial charge in [0.25, 0.3) is 0 Å². The molecule has 0 radical (unpaired) electrons. The third-order valence-electron chi connectivity index (χ3n) is 7.15. The molecule has 3 fully saturated rings. The molecule has 3 heteroatoms. The van der Waals surface area contributed by atoms with Gasteiger partial charge in [-0.25, -0.2) is 0 Å². The van der Waals surface area contributed by atoms with Crippen molar-refractivity contribution in [2.45, 2.75) is 49.7 Å². The highest BCUT2D eigenvalue weighted by Gasteiger charge is 2.78. The second-order valence-electron chi connectivity index (χ2n) is 7.80. The number of phenolic OH excluding ortho intramolecular Hbond substituents is 1. The quantitative estimate of drug-likeness (QED) is 0.759. The average Bonchev–Trinajstić information content (AvgIpc) is 2.88. The van der Waals surface area contributed by atoms with Crippen molar-refractivity contribution in [2.75, 3.05) is 0 Å². The first-order valence-corrected chi connectivity index (χ1v) is 7.86. The molecule has 4 aliphatic carbocycles. The molecule has 1 aliphatic heterocycles. The Morgan fingerprint density at radius 3 is 3.00 bits per heavy atom. The van der Waals surface area contributed by atoms with Crippen LogP contribution in [0.1, 0.15) is 36.8 Å². The van der Waals surface area contributed by atoms with Crippen LogP contribution in [0.3, 0.4) is 0 Å². The maximum Gasteiger partial charge on any atom is 0.165 e. The molecule has 1 aromatic carbocycles. The molecule has 104 valence electrons. The molecule has 6 rings (SSSR count). The van der Waals surface area contributed by atoms with Crippen LogP contribution in [0.2, 0.25) is 0 Å². The van der Waals surface area contributed by atoms with E-state index in [-0.39, 0.29) is 23.4 Å². The van der Waals surface area contributed by atoms with Gasteiger partial charge in [0.1, 0.15) is 6.10 Å². The first-order valence-electron chi connectivity index (χ1n) is 7.86. The zero-order valence-electron chi connectivity index (χ0n) is 11.3. The monoisotopic (exact) mass is 270 g/mol. The molecule has 2 N–H and O–H groups in total. The van der Waals surface area contributed by atoms with Crippen LogP contribution in [0.15, 0.2) is 12.1 Å². The summed E-state index contributed by atoms with van der Waals surface area (Å²) in [4.78, 5) is 0. The fourth-order valence-electron chi connectivity index (χ4n) is 6.60. The lowest BCUT2D eigenvalue weighted by molar-refractivity contribution is -0.0513. The number of aromatic hydroxyl groups is 1. The van der Waals surface area contributed by atoms with Crippen molar-refractivity contribution < 1.29 is 14.9 Å². The Bertz CT molecular complexity index is 668. The molecule has 0 saturated heterocycles. The Labute approximate surface area is 117 Å². The summed E-state index contributed by atoms with van der Waals surface area (Å²) in [5, 5.41) is 20.7. The minimum absolute atomic E-state index is 0.0161. The second kappa shape index (κ2) is 2.74. The summed E-state index contributed by atoms with van der Waals surface area (Å²) in [6, 6.07) is 3.88. The minimum Gasteiger partial charge on any atom is -0.504 e. The third kappa shape index (κ3) is 0.834. The number of benzene rings is 1.